The van der Waals surface area contributed by atoms with Gasteiger partial charge in [-0.1, -0.05) is 13.0 Å². The lowest BCUT2D eigenvalue weighted by atomic mass is 10.2. The van der Waals surface area contributed by atoms with Crippen LogP contribution in [0.3, 0.4) is 0 Å². The Kier molecular flexibility index (Phi) is 3.39. The number of hydrogen-bond acceptors (Lipinski definition) is 3. The minimum absolute atomic E-state index is 0.0518. The van der Waals surface area contributed by atoms with Crippen molar-refractivity contribution in [2.45, 2.75) is 6.92 Å². The first-order chi connectivity index (χ1) is 8.20. The Labute approximate surface area is 99.1 Å². The molecule has 5 heteroatoms. The number of rotatable bonds is 4. The Morgan fingerprint density at radius 1 is 1.59 bits per heavy atom. The highest BCUT2D eigenvalue weighted by molar-refractivity contribution is 5.92. The topological polar surface area (TPSA) is 66.6 Å². The summed E-state index contributed by atoms with van der Waals surface area (Å²) in [6, 6.07) is 5.59. The van der Waals surface area contributed by atoms with E-state index >= 15 is 0 Å². The Bertz CT molecular complexity index is 488. The van der Waals surface area contributed by atoms with Crippen molar-refractivity contribution >= 4 is 11.6 Å². The zero-order valence-electron chi connectivity index (χ0n) is 9.63. The predicted molar refractivity (Wildman–Crippen MR) is 63.8 cm³/mol. The fraction of sp³-hybridized carbons (Fsp3) is 0.333. The third-order valence-electron chi connectivity index (χ3n) is 2.52. The average Bonchev–Trinajstić information content (AvgIpc) is 2.79. The highest BCUT2D eigenvalue weighted by atomic mass is 16.3. The minimum atomic E-state index is -0.214. The average molecular weight is 233 g/mol. The fourth-order valence-electron chi connectivity index (χ4n) is 1.47. The first-order valence-electron chi connectivity index (χ1n) is 5.53. The number of carbonyl (C=O) groups is 1. The molecule has 0 fully saturated rings. The maximum absolute atomic E-state index is 11.8. The second kappa shape index (κ2) is 4.97. The van der Waals surface area contributed by atoms with Crippen LogP contribution in [0.2, 0.25) is 0 Å². The van der Waals surface area contributed by atoms with E-state index in [1.54, 1.807) is 10.6 Å². The molecule has 1 amide bonds. The van der Waals surface area contributed by atoms with E-state index in [0.717, 1.165) is 5.65 Å². The molecule has 17 heavy (non-hydrogen) atoms. The van der Waals surface area contributed by atoms with Gasteiger partial charge in [-0.3, -0.25) is 4.79 Å². The van der Waals surface area contributed by atoms with E-state index in [-0.39, 0.29) is 18.4 Å². The third kappa shape index (κ3) is 2.62. The summed E-state index contributed by atoms with van der Waals surface area (Å²) in [5.41, 5.74) is 1.13. The van der Waals surface area contributed by atoms with Crippen LogP contribution in [0.25, 0.3) is 5.65 Å². The van der Waals surface area contributed by atoms with Gasteiger partial charge in [0.2, 0.25) is 0 Å². The summed E-state index contributed by atoms with van der Waals surface area (Å²) < 4.78 is 1.80. The van der Waals surface area contributed by atoms with E-state index in [0.29, 0.717) is 12.2 Å². The number of nitrogens with zero attached hydrogens (tertiary/aromatic N) is 2. The predicted octanol–water partition coefficient (Wildman–Crippen LogP) is 0.692. The number of pyridine rings is 1. The maximum atomic E-state index is 11.8. The SMILES string of the molecule is CC(CO)CNC(=O)c1cn2ccccc2n1. The lowest BCUT2D eigenvalue weighted by Crippen LogP contribution is -2.29. The van der Waals surface area contributed by atoms with Gasteiger partial charge in [0, 0.05) is 25.5 Å². The first kappa shape index (κ1) is 11.6. The summed E-state index contributed by atoms with van der Waals surface area (Å²) in [5, 5.41) is 11.6. The van der Waals surface area contributed by atoms with Crippen molar-refractivity contribution in [1.82, 2.24) is 14.7 Å². The molecule has 1 atom stereocenters. The Balaban J connectivity index is 2.08. The van der Waals surface area contributed by atoms with E-state index in [9.17, 15) is 4.79 Å². The largest absolute Gasteiger partial charge is 0.396 e. The Morgan fingerprint density at radius 3 is 3.12 bits per heavy atom. The molecule has 0 bridgehead atoms. The molecule has 5 nitrogen and oxygen atoms in total. The number of hydrogen-bond donors (Lipinski definition) is 2. The number of fused-ring (bicyclic) bond motifs is 1. The van der Waals surface area contributed by atoms with Crippen molar-refractivity contribution in [3.8, 4) is 0 Å². The van der Waals surface area contributed by atoms with Crippen LogP contribution in [0.4, 0.5) is 0 Å². The summed E-state index contributed by atoms with van der Waals surface area (Å²) >= 11 is 0. The zero-order chi connectivity index (χ0) is 12.3. The molecule has 1 unspecified atom stereocenters. The molecule has 90 valence electrons. The highest BCUT2D eigenvalue weighted by Crippen LogP contribution is 2.04. The minimum Gasteiger partial charge on any atom is -0.396 e. The molecule has 0 aliphatic rings. The summed E-state index contributed by atoms with van der Waals surface area (Å²) in [5.74, 6) is -0.162. The molecule has 2 rings (SSSR count). The quantitative estimate of drug-likeness (QED) is 0.816. The number of nitrogens with one attached hydrogen (secondary N) is 1. The van der Waals surface area contributed by atoms with Gasteiger partial charge >= 0.3 is 0 Å². The normalized spacial score (nSPS) is 12.6. The van der Waals surface area contributed by atoms with Crippen molar-refractivity contribution in [3.63, 3.8) is 0 Å². The van der Waals surface area contributed by atoms with Crippen LogP contribution in [0.5, 0.6) is 0 Å². The second-order valence-corrected chi connectivity index (χ2v) is 4.09. The van der Waals surface area contributed by atoms with Crippen molar-refractivity contribution in [2.75, 3.05) is 13.2 Å². The maximum Gasteiger partial charge on any atom is 0.271 e. The van der Waals surface area contributed by atoms with Gasteiger partial charge in [-0.15, -0.1) is 0 Å². The van der Waals surface area contributed by atoms with Gasteiger partial charge in [-0.25, -0.2) is 4.98 Å². The van der Waals surface area contributed by atoms with Crippen molar-refractivity contribution in [2.24, 2.45) is 5.92 Å². The second-order valence-electron chi connectivity index (χ2n) is 4.09. The molecule has 0 aliphatic carbocycles. The van der Waals surface area contributed by atoms with Crippen LogP contribution in [0.15, 0.2) is 30.6 Å². The van der Waals surface area contributed by atoms with E-state index in [1.807, 2.05) is 31.3 Å². The number of aliphatic hydroxyl groups is 1. The number of amides is 1. The summed E-state index contributed by atoms with van der Waals surface area (Å²) in [7, 11) is 0. The van der Waals surface area contributed by atoms with Crippen LogP contribution in [0.1, 0.15) is 17.4 Å². The molecule has 0 saturated heterocycles. The van der Waals surface area contributed by atoms with E-state index in [2.05, 4.69) is 10.3 Å². The van der Waals surface area contributed by atoms with Crippen molar-refractivity contribution in [3.05, 3.63) is 36.3 Å². The van der Waals surface area contributed by atoms with E-state index < -0.39 is 0 Å². The lowest BCUT2D eigenvalue weighted by Gasteiger charge is -2.07. The third-order valence-corrected chi connectivity index (χ3v) is 2.52. The van der Waals surface area contributed by atoms with Crippen LogP contribution in [-0.4, -0.2) is 33.6 Å². The van der Waals surface area contributed by atoms with Crippen molar-refractivity contribution in [1.29, 1.82) is 0 Å². The molecular weight excluding hydrogens is 218 g/mol. The molecule has 0 aliphatic heterocycles. The smallest absolute Gasteiger partial charge is 0.271 e. The van der Waals surface area contributed by atoms with Gasteiger partial charge in [0.05, 0.1) is 0 Å². The number of aromatic nitrogens is 2. The first-order valence-corrected chi connectivity index (χ1v) is 5.53. The number of imidazole rings is 1. The standard InChI is InChI=1S/C12H15N3O2/c1-9(8-16)6-13-12(17)10-7-15-5-3-2-4-11(15)14-10/h2-5,7,9,16H,6,8H2,1H3,(H,13,17). The summed E-state index contributed by atoms with van der Waals surface area (Å²) in [6.07, 6.45) is 3.53. The van der Waals surface area contributed by atoms with Gasteiger partial charge in [0.15, 0.2) is 0 Å². The van der Waals surface area contributed by atoms with Gasteiger partial charge < -0.3 is 14.8 Å². The highest BCUT2D eigenvalue weighted by Gasteiger charge is 2.11. The summed E-state index contributed by atoms with van der Waals surface area (Å²) in [4.78, 5) is 16.0. The van der Waals surface area contributed by atoms with Crippen molar-refractivity contribution < 1.29 is 9.90 Å². The van der Waals surface area contributed by atoms with Crippen LogP contribution >= 0.6 is 0 Å². The molecule has 0 radical (unpaired) electrons. The van der Waals surface area contributed by atoms with Crippen LogP contribution < -0.4 is 5.32 Å². The molecule has 0 spiro atoms. The Hall–Kier alpha value is -1.88. The van der Waals surface area contributed by atoms with Gasteiger partial charge in [-0.05, 0) is 18.1 Å². The van der Waals surface area contributed by atoms with Crippen LogP contribution in [0, 0.1) is 5.92 Å². The zero-order valence-corrected chi connectivity index (χ0v) is 9.63. The van der Waals surface area contributed by atoms with E-state index in [1.165, 1.54) is 0 Å². The van der Waals surface area contributed by atoms with E-state index in [4.69, 9.17) is 5.11 Å². The summed E-state index contributed by atoms with van der Waals surface area (Å²) in [6.45, 7) is 2.37. The monoisotopic (exact) mass is 233 g/mol. The molecule has 2 aromatic heterocycles. The molecule has 2 heterocycles. The molecule has 2 aromatic rings. The lowest BCUT2D eigenvalue weighted by molar-refractivity contribution is 0.0938. The molecule has 0 aromatic carbocycles. The fourth-order valence-corrected chi connectivity index (χ4v) is 1.47. The van der Waals surface area contributed by atoms with Gasteiger partial charge in [-0.2, -0.15) is 0 Å². The van der Waals surface area contributed by atoms with Crippen LogP contribution in [-0.2, 0) is 0 Å². The number of carbonyl (C=O) groups excluding carboxylic acids is 1. The van der Waals surface area contributed by atoms with Gasteiger partial charge in [0.25, 0.3) is 5.91 Å². The number of aliphatic hydroxyl groups excluding tert-OH is 1. The van der Waals surface area contributed by atoms with Gasteiger partial charge in [0.1, 0.15) is 11.3 Å². The molecule has 0 saturated carbocycles. The molecular formula is C12H15N3O2. The molecule has 2 N–H and O–H groups in total. The Morgan fingerprint density at radius 2 is 2.41 bits per heavy atom.